The van der Waals surface area contributed by atoms with E-state index in [0.717, 1.165) is 25.1 Å². The van der Waals surface area contributed by atoms with E-state index in [2.05, 4.69) is 19.2 Å². The SMILES string of the molecule is CCC(CC)(CO)CNc1ccccc1. The summed E-state index contributed by atoms with van der Waals surface area (Å²) in [6.07, 6.45) is 2.00. The van der Waals surface area contributed by atoms with Crippen LogP contribution >= 0.6 is 0 Å². The second-order valence-electron chi connectivity index (χ2n) is 4.08. The molecule has 0 amide bonds. The van der Waals surface area contributed by atoms with Gasteiger partial charge in [-0.15, -0.1) is 0 Å². The first-order valence-electron chi connectivity index (χ1n) is 5.66. The molecule has 1 aromatic carbocycles. The van der Waals surface area contributed by atoms with Gasteiger partial charge in [0.2, 0.25) is 0 Å². The summed E-state index contributed by atoms with van der Waals surface area (Å²) >= 11 is 0. The van der Waals surface area contributed by atoms with Gasteiger partial charge in [-0.2, -0.15) is 0 Å². The lowest BCUT2D eigenvalue weighted by atomic mass is 9.83. The van der Waals surface area contributed by atoms with Crippen LogP contribution in [0, 0.1) is 5.41 Å². The molecule has 2 nitrogen and oxygen atoms in total. The van der Waals surface area contributed by atoms with E-state index in [4.69, 9.17) is 0 Å². The van der Waals surface area contributed by atoms with Crippen LogP contribution in [0.15, 0.2) is 30.3 Å². The molecule has 2 N–H and O–H groups in total. The lowest BCUT2D eigenvalue weighted by Gasteiger charge is -2.30. The minimum Gasteiger partial charge on any atom is -0.396 e. The van der Waals surface area contributed by atoms with Crippen LogP contribution in [0.4, 0.5) is 5.69 Å². The predicted molar refractivity (Wildman–Crippen MR) is 65.0 cm³/mol. The Kier molecular flexibility index (Phi) is 4.63. The average molecular weight is 207 g/mol. The maximum atomic E-state index is 9.41. The third-order valence-electron chi connectivity index (χ3n) is 3.28. The van der Waals surface area contributed by atoms with Crippen LogP contribution in [0.25, 0.3) is 0 Å². The van der Waals surface area contributed by atoms with Crippen molar-refractivity contribution in [3.63, 3.8) is 0 Å². The van der Waals surface area contributed by atoms with Gasteiger partial charge in [-0.3, -0.25) is 0 Å². The van der Waals surface area contributed by atoms with Crippen molar-refractivity contribution in [2.75, 3.05) is 18.5 Å². The molecular weight excluding hydrogens is 186 g/mol. The zero-order chi connectivity index (χ0) is 11.1. The summed E-state index contributed by atoms with van der Waals surface area (Å²) in [7, 11) is 0. The number of benzene rings is 1. The summed E-state index contributed by atoms with van der Waals surface area (Å²) in [4.78, 5) is 0. The number of aliphatic hydroxyl groups excluding tert-OH is 1. The molecule has 0 unspecified atom stereocenters. The van der Waals surface area contributed by atoms with Crippen LogP contribution in [0.3, 0.4) is 0 Å². The van der Waals surface area contributed by atoms with Crippen LogP contribution in [0.5, 0.6) is 0 Å². The van der Waals surface area contributed by atoms with Crippen molar-refractivity contribution >= 4 is 5.69 Å². The fourth-order valence-electron chi connectivity index (χ4n) is 1.63. The molecule has 0 aromatic heterocycles. The van der Waals surface area contributed by atoms with E-state index in [0.29, 0.717) is 0 Å². The second kappa shape index (κ2) is 5.76. The summed E-state index contributed by atoms with van der Waals surface area (Å²) in [5, 5.41) is 12.8. The van der Waals surface area contributed by atoms with Gasteiger partial charge in [0.1, 0.15) is 0 Å². The highest BCUT2D eigenvalue weighted by molar-refractivity contribution is 5.42. The first-order chi connectivity index (χ1) is 7.26. The number of para-hydroxylation sites is 1. The fraction of sp³-hybridized carbons (Fsp3) is 0.538. The van der Waals surface area contributed by atoms with E-state index in [1.165, 1.54) is 0 Å². The molecule has 15 heavy (non-hydrogen) atoms. The monoisotopic (exact) mass is 207 g/mol. The van der Waals surface area contributed by atoms with Crippen molar-refractivity contribution in [1.82, 2.24) is 0 Å². The fourth-order valence-corrected chi connectivity index (χ4v) is 1.63. The molecule has 0 radical (unpaired) electrons. The Morgan fingerprint density at radius 2 is 1.73 bits per heavy atom. The predicted octanol–water partition coefficient (Wildman–Crippen LogP) is 2.90. The van der Waals surface area contributed by atoms with Crippen molar-refractivity contribution < 1.29 is 5.11 Å². The van der Waals surface area contributed by atoms with Crippen molar-refractivity contribution in [2.24, 2.45) is 5.41 Å². The first-order valence-corrected chi connectivity index (χ1v) is 5.66. The number of nitrogens with one attached hydrogen (secondary N) is 1. The number of aliphatic hydroxyl groups is 1. The van der Waals surface area contributed by atoms with Crippen molar-refractivity contribution in [1.29, 1.82) is 0 Å². The standard InChI is InChI=1S/C13H21NO/c1-3-13(4-2,11-15)10-14-12-8-6-5-7-9-12/h5-9,14-15H,3-4,10-11H2,1-2H3. The normalized spacial score (nSPS) is 11.4. The summed E-state index contributed by atoms with van der Waals surface area (Å²) in [5.41, 5.74) is 1.15. The van der Waals surface area contributed by atoms with Gasteiger partial charge < -0.3 is 10.4 Å². The molecule has 0 spiro atoms. The summed E-state index contributed by atoms with van der Waals surface area (Å²) < 4.78 is 0. The maximum absolute atomic E-state index is 9.41. The van der Waals surface area contributed by atoms with Gasteiger partial charge in [0, 0.05) is 17.6 Å². The third kappa shape index (κ3) is 3.24. The van der Waals surface area contributed by atoms with E-state index in [1.807, 2.05) is 30.3 Å². The quantitative estimate of drug-likeness (QED) is 0.751. The van der Waals surface area contributed by atoms with Crippen molar-refractivity contribution in [3.05, 3.63) is 30.3 Å². The summed E-state index contributed by atoms with van der Waals surface area (Å²) in [5.74, 6) is 0. The van der Waals surface area contributed by atoms with Crippen LogP contribution in [-0.4, -0.2) is 18.3 Å². The van der Waals surface area contributed by atoms with E-state index in [-0.39, 0.29) is 12.0 Å². The number of anilines is 1. The Hall–Kier alpha value is -1.02. The average Bonchev–Trinajstić information content (AvgIpc) is 2.33. The van der Waals surface area contributed by atoms with Gasteiger partial charge in [0.05, 0.1) is 6.61 Å². The van der Waals surface area contributed by atoms with Gasteiger partial charge in [-0.25, -0.2) is 0 Å². The molecule has 84 valence electrons. The molecular formula is C13H21NO. The lowest BCUT2D eigenvalue weighted by molar-refractivity contribution is 0.127. The summed E-state index contributed by atoms with van der Waals surface area (Å²) in [6, 6.07) is 10.1. The van der Waals surface area contributed by atoms with Gasteiger partial charge in [-0.05, 0) is 25.0 Å². The Morgan fingerprint density at radius 3 is 2.20 bits per heavy atom. The molecule has 0 atom stereocenters. The van der Waals surface area contributed by atoms with E-state index in [9.17, 15) is 5.11 Å². The molecule has 0 saturated carbocycles. The molecule has 0 fully saturated rings. The molecule has 0 bridgehead atoms. The second-order valence-corrected chi connectivity index (χ2v) is 4.08. The highest BCUT2D eigenvalue weighted by Crippen LogP contribution is 2.25. The van der Waals surface area contributed by atoms with Crippen molar-refractivity contribution in [3.8, 4) is 0 Å². The van der Waals surface area contributed by atoms with Gasteiger partial charge in [0.15, 0.2) is 0 Å². The van der Waals surface area contributed by atoms with Crippen LogP contribution in [0.2, 0.25) is 0 Å². The molecule has 1 rings (SSSR count). The third-order valence-corrected chi connectivity index (χ3v) is 3.28. The topological polar surface area (TPSA) is 32.3 Å². The highest BCUT2D eigenvalue weighted by Gasteiger charge is 2.24. The van der Waals surface area contributed by atoms with Crippen LogP contribution < -0.4 is 5.32 Å². The van der Waals surface area contributed by atoms with Gasteiger partial charge in [0.25, 0.3) is 0 Å². The maximum Gasteiger partial charge on any atom is 0.0504 e. The van der Waals surface area contributed by atoms with Crippen molar-refractivity contribution in [2.45, 2.75) is 26.7 Å². The molecule has 1 aromatic rings. The number of hydrogen-bond acceptors (Lipinski definition) is 2. The smallest absolute Gasteiger partial charge is 0.0504 e. The van der Waals surface area contributed by atoms with E-state index >= 15 is 0 Å². The Labute approximate surface area is 92.3 Å². The molecule has 0 aliphatic heterocycles. The number of rotatable bonds is 6. The minimum absolute atomic E-state index is 0.0237. The Bertz CT molecular complexity index is 259. The minimum atomic E-state index is 0.0237. The molecule has 0 saturated heterocycles. The largest absolute Gasteiger partial charge is 0.396 e. The van der Waals surface area contributed by atoms with E-state index < -0.39 is 0 Å². The van der Waals surface area contributed by atoms with Gasteiger partial charge in [-0.1, -0.05) is 32.0 Å². The Morgan fingerprint density at radius 1 is 1.13 bits per heavy atom. The number of hydrogen-bond donors (Lipinski definition) is 2. The molecule has 0 aliphatic rings. The van der Waals surface area contributed by atoms with Gasteiger partial charge >= 0.3 is 0 Å². The molecule has 0 aliphatic carbocycles. The van der Waals surface area contributed by atoms with E-state index in [1.54, 1.807) is 0 Å². The Balaban J connectivity index is 2.54. The van der Waals surface area contributed by atoms with Crippen LogP contribution in [-0.2, 0) is 0 Å². The molecule has 2 heteroatoms. The zero-order valence-corrected chi connectivity index (χ0v) is 9.66. The lowest BCUT2D eigenvalue weighted by Crippen LogP contribution is -2.32. The summed E-state index contributed by atoms with van der Waals surface area (Å²) in [6.45, 7) is 5.35. The van der Waals surface area contributed by atoms with Crippen LogP contribution in [0.1, 0.15) is 26.7 Å². The first kappa shape index (κ1) is 12.1. The highest BCUT2D eigenvalue weighted by atomic mass is 16.3. The zero-order valence-electron chi connectivity index (χ0n) is 9.66. The molecule has 0 heterocycles.